The summed E-state index contributed by atoms with van der Waals surface area (Å²) < 4.78 is 8.77. The molecule has 0 saturated carbocycles. The molecule has 0 aliphatic carbocycles. The molecule has 5 aromatic rings. The minimum absolute atomic E-state index is 0.00752. The maximum atomic E-state index is 13.7. The number of fused-ring (bicyclic) bond motifs is 2. The van der Waals surface area contributed by atoms with Gasteiger partial charge in [-0.3, -0.25) is 14.5 Å². The van der Waals surface area contributed by atoms with E-state index in [9.17, 15) is 14.7 Å². The molecular weight excluding hydrogens is 612 g/mol. The number of ether oxygens (including phenoxy) is 1. The molecule has 1 aromatic heterocycles. The van der Waals surface area contributed by atoms with E-state index in [1.165, 1.54) is 16.7 Å². The van der Waals surface area contributed by atoms with Crippen LogP contribution < -0.4 is 10.1 Å². The Morgan fingerprint density at radius 3 is 2.47 bits per heavy atom. The number of benzene rings is 4. The summed E-state index contributed by atoms with van der Waals surface area (Å²) in [6.07, 6.45) is 2.11. The molecule has 1 aliphatic rings. The van der Waals surface area contributed by atoms with Crippen molar-refractivity contribution in [2.75, 3.05) is 32.1 Å². The third-order valence-corrected chi connectivity index (χ3v) is 9.54. The number of aromatic nitrogens is 1. The van der Waals surface area contributed by atoms with Crippen molar-refractivity contribution in [3.63, 3.8) is 0 Å². The number of para-hydroxylation sites is 1. The Morgan fingerprint density at radius 1 is 1.00 bits per heavy atom. The van der Waals surface area contributed by atoms with E-state index in [4.69, 9.17) is 4.74 Å². The number of carbonyl (C=O) groups excluding carboxylic acids is 2. The molecule has 0 saturated heterocycles. The number of carbonyl (C=O) groups is 2. The number of likely N-dealkylation sites (N-methyl/N-ethyl adjacent to an activating group) is 1. The van der Waals surface area contributed by atoms with Crippen molar-refractivity contribution in [3.05, 3.63) is 120 Å². The maximum Gasteiger partial charge on any atom is 0.228 e. The lowest BCUT2D eigenvalue weighted by Gasteiger charge is -2.34. The van der Waals surface area contributed by atoms with Crippen LogP contribution in [0.3, 0.4) is 0 Å². The second-order valence-electron chi connectivity index (χ2n) is 13.5. The van der Waals surface area contributed by atoms with Gasteiger partial charge in [0, 0.05) is 61.0 Å². The number of rotatable bonds is 10. The molecule has 8 heteroatoms. The highest BCUT2D eigenvalue weighted by atomic mass is 16.5. The van der Waals surface area contributed by atoms with Crippen LogP contribution in [0.2, 0.25) is 0 Å². The third kappa shape index (κ3) is 8.04. The average molecular weight is 659 g/mol. The van der Waals surface area contributed by atoms with Gasteiger partial charge in [0.25, 0.3) is 0 Å². The second-order valence-corrected chi connectivity index (χ2v) is 13.5. The number of hydrogen-bond acceptors (Lipinski definition) is 5. The van der Waals surface area contributed by atoms with Crippen molar-refractivity contribution in [1.82, 2.24) is 14.4 Å². The third-order valence-electron chi connectivity index (χ3n) is 9.54. The van der Waals surface area contributed by atoms with Crippen LogP contribution in [0.4, 0.5) is 5.69 Å². The van der Waals surface area contributed by atoms with Crippen molar-refractivity contribution >= 4 is 28.4 Å². The summed E-state index contributed by atoms with van der Waals surface area (Å²) in [5.74, 6) is 0.417. The molecule has 0 unspecified atom stereocenters. The van der Waals surface area contributed by atoms with Crippen molar-refractivity contribution in [3.8, 4) is 16.9 Å². The van der Waals surface area contributed by atoms with Gasteiger partial charge in [-0.15, -0.1) is 0 Å². The number of nitrogens with one attached hydrogen (secondary N) is 1. The molecule has 254 valence electrons. The number of aliphatic hydroxyl groups is 1. The topological polar surface area (TPSA) is 87.0 Å². The number of hydrogen-bond donors (Lipinski definition) is 2. The van der Waals surface area contributed by atoms with Crippen LogP contribution in [0.5, 0.6) is 5.75 Å². The Bertz CT molecular complexity index is 1900. The van der Waals surface area contributed by atoms with Crippen LogP contribution >= 0.6 is 0 Å². The first-order chi connectivity index (χ1) is 23.7. The lowest BCUT2D eigenvalue weighted by atomic mass is 10.0. The van der Waals surface area contributed by atoms with Gasteiger partial charge in [0.1, 0.15) is 11.9 Å². The van der Waals surface area contributed by atoms with Gasteiger partial charge in [-0.05, 0) is 60.5 Å². The predicted molar refractivity (Wildman–Crippen MR) is 195 cm³/mol. The van der Waals surface area contributed by atoms with Gasteiger partial charge in [-0.1, -0.05) is 79.7 Å². The number of aliphatic hydroxyl groups excluding tert-OH is 1. The number of nitrogens with zero attached hydrogens (tertiary/aromatic N) is 3. The second kappa shape index (κ2) is 15.1. The van der Waals surface area contributed by atoms with Gasteiger partial charge in [0.2, 0.25) is 11.8 Å². The minimum Gasteiger partial charge on any atom is -0.488 e. The maximum absolute atomic E-state index is 13.7. The molecule has 6 rings (SSSR count). The van der Waals surface area contributed by atoms with E-state index in [1.807, 2.05) is 85.4 Å². The Labute approximate surface area is 288 Å². The van der Waals surface area contributed by atoms with E-state index in [0.29, 0.717) is 30.1 Å². The fourth-order valence-corrected chi connectivity index (χ4v) is 6.79. The highest BCUT2D eigenvalue weighted by molar-refractivity contribution is 5.96. The average Bonchev–Trinajstić information content (AvgIpc) is 3.43. The van der Waals surface area contributed by atoms with E-state index in [2.05, 4.69) is 60.6 Å². The minimum atomic E-state index is -0.332. The Hall–Kier alpha value is -4.92. The summed E-state index contributed by atoms with van der Waals surface area (Å²) in [6, 6.07) is 32.3. The molecule has 0 radical (unpaired) electrons. The fourth-order valence-electron chi connectivity index (χ4n) is 6.79. The van der Waals surface area contributed by atoms with Gasteiger partial charge in [0.15, 0.2) is 0 Å². The predicted octanol–water partition coefficient (Wildman–Crippen LogP) is 6.31. The van der Waals surface area contributed by atoms with Crippen LogP contribution in [-0.2, 0) is 36.0 Å². The molecule has 2 heterocycles. The molecule has 4 aromatic carbocycles. The van der Waals surface area contributed by atoms with Gasteiger partial charge in [0.05, 0.1) is 25.5 Å². The first-order valence-corrected chi connectivity index (χ1v) is 17.0. The summed E-state index contributed by atoms with van der Waals surface area (Å²) in [7, 11) is 4.07. The van der Waals surface area contributed by atoms with Crippen molar-refractivity contribution in [2.24, 2.45) is 13.0 Å². The van der Waals surface area contributed by atoms with Gasteiger partial charge < -0.3 is 24.6 Å². The van der Waals surface area contributed by atoms with Crippen LogP contribution in [0.25, 0.3) is 22.0 Å². The first-order valence-electron chi connectivity index (χ1n) is 17.0. The fraction of sp³-hybridized carbons (Fsp3) is 0.317. The molecular formula is C41H46N4O4. The first kappa shape index (κ1) is 34.0. The van der Waals surface area contributed by atoms with Crippen molar-refractivity contribution < 1.29 is 19.4 Å². The monoisotopic (exact) mass is 658 g/mol. The van der Waals surface area contributed by atoms with E-state index in [1.54, 1.807) is 4.90 Å². The standard InChI is InChI=1S/C41H46N4O4/c1-28-23-45(29(2)27-46)41(48)22-33-20-35(42-40(47)21-34-25-44(4)37-13-9-8-12-36(34)37)18-19-38(33)49-39(28)26-43(3)24-30-14-16-32(17-15-30)31-10-6-5-7-11-31/h5-20,25,28-29,39,46H,21-24,26-27H2,1-4H3,(H,42,47)/t28-,29-,39-/m1/s1. The van der Waals surface area contributed by atoms with Gasteiger partial charge in [-0.2, -0.15) is 0 Å². The lowest BCUT2D eigenvalue weighted by molar-refractivity contribution is -0.134. The lowest BCUT2D eigenvalue weighted by Crippen LogP contribution is -2.47. The Kier molecular flexibility index (Phi) is 10.5. The molecule has 0 fully saturated rings. The van der Waals surface area contributed by atoms with Crippen LogP contribution in [0.15, 0.2) is 103 Å². The summed E-state index contributed by atoms with van der Waals surface area (Å²) in [5.41, 5.74) is 6.94. The van der Waals surface area contributed by atoms with Crippen molar-refractivity contribution in [1.29, 1.82) is 0 Å². The molecule has 3 atom stereocenters. The summed E-state index contributed by atoms with van der Waals surface area (Å²) in [5, 5.41) is 14.1. The van der Waals surface area contributed by atoms with Crippen LogP contribution in [0, 0.1) is 5.92 Å². The van der Waals surface area contributed by atoms with E-state index in [0.717, 1.165) is 23.0 Å². The summed E-state index contributed by atoms with van der Waals surface area (Å²) in [4.78, 5) is 30.9. The van der Waals surface area contributed by atoms with Crippen LogP contribution in [0.1, 0.15) is 30.5 Å². The molecule has 2 N–H and O–H groups in total. The Balaban J connectivity index is 1.19. The number of aryl methyl sites for hydroxylation is 1. The summed E-state index contributed by atoms with van der Waals surface area (Å²) in [6.45, 7) is 5.69. The molecule has 1 aliphatic heterocycles. The highest BCUT2D eigenvalue weighted by Crippen LogP contribution is 2.30. The van der Waals surface area contributed by atoms with Crippen LogP contribution in [-0.4, -0.2) is 70.2 Å². The quantitative estimate of drug-likeness (QED) is 0.184. The molecule has 0 bridgehead atoms. The Morgan fingerprint density at radius 2 is 1.71 bits per heavy atom. The smallest absolute Gasteiger partial charge is 0.228 e. The zero-order chi connectivity index (χ0) is 34.5. The zero-order valence-electron chi connectivity index (χ0n) is 28.8. The normalized spacial score (nSPS) is 17.2. The van der Waals surface area contributed by atoms with E-state index >= 15 is 0 Å². The van der Waals surface area contributed by atoms with Gasteiger partial charge >= 0.3 is 0 Å². The molecule has 0 spiro atoms. The van der Waals surface area contributed by atoms with Gasteiger partial charge in [-0.25, -0.2) is 0 Å². The SMILES string of the molecule is C[C@@H]1CN([C@H](C)CO)C(=O)Cc2cc(NC(=O)Cc3cn(C)c4ccccc34)ccc2O[C@@H]1CN(C)Cc1ccc(-c2ccccc2)cc1. The number of amides is 2. The largest absolute Gasteiger partial charge is 0.488 e. The number of anilines is 1. The zero-order valence-corrected chi connectivity index (χ0v) is 28.8. The molecule has 49 heavy (non-hydrogen) atoms. The molecule has 8 nitrogen and oxygen atoms in total. The van der Waals surface area contributed by atoms with E-state index < -0.39 is 0 Å². The van der Waals surface area contributed by atoms with Crippen molar-refractivity contribution in [2.45, 2.75) is 45.4 Å². The molecule has 2 amide bonds. The highest BCUT2D eigenvalue weighted by Gasteiger charge is 2.31. The van der Waals surface area contributed by atoms with E-state index in [-0.39, 0.29) is 49.3 Å². The summed E-state index contributed by atoms with van der Waals surface area (Å²) >= 11 is 0.